The van der Waals surface area contributed by atoms with Gasteiger partial charge in [-0.05, 0) is 18.4 Å². The fraction of sp³-hybridized carbons (Fsp3) is 0.588. The molecule has 6 nitrogen and oxygen atoms in total. The number of nitrogen functional groups attached to an aromatic ring is 1. The van der Waals surface area contributed by atoms with Gasteiger partial charge in [0.2, 0.25) is 0 Å². The average Bonchev–Trinajstić information content (AvgIpc) is 3.10. The highest BCUT2D eigenvalue weighted by Gasteiger charge is 2.27. The van der Waals surface area contributed by atoms with E-state index in [1.807, 2.05) is 4.90 Å². The van der Waals surface area contributed by atoms with Gasteiger partial charge in [0.05, 0.1) is 30.0 Å². The molecule has 2 aliphatic heterocycles. The molecule has 2 saturated heterocycles. The second kappa shape index (κ2) is 10.4. The average molecular weight is 427 g/mol. The molecular weight excluding hydrogens is 401 g/mol. The van der Waals surface area contributed by atoms with Crippen LogP contribution in [0.15, 0.2) is 12.1 Å². The second-order valence-electron chi connectivity index (χ2n) is 6.40. The van der Waals surface area contributed by atoms with E-state index in [0.717, 1.165) is 39.3 Å². The zero-order valence-corrected chi connectivity index (χ0v) is 17.2. The summed E-state index contributed by atoms with van der Waals surface area (Å²) in [5, 5.41) is 0.374. The molecule has 2 aliphatic rings. The van der Waals surface area contributed by atoms with Gasteiger partial charge in [-0.25, -0.2) is 0 Å². The van der Waals surface area contributed by atoms with E-state index >= 15 is 0 Å². The predicted octanol–water partition coefficient (Wildman–Crippen LogP) is 2.57. The molecule has 1 atom stereocenters. The summed E-state index contributed by atoms with van der Waals surface area (Å²) in [5.41, 5.74) is 6.66. The monoisotopic (exact) mass is 425 g/mol. The molecule has 0 spiro atoms. The number of nitrogens with zero attached hydrogens (tertiary/aromatic N) is 2. The highest BCUT2D eigenvalue weighted by Crippen LogP contribution is 2.30. The van der Waals surface area contributed by atoms with Gasteiger partial charge < -0.3 is 20.1 Å². The minimum Gasteiger partial charge on any atom is -0.496 e. The highest BCUT2D eigenvalue weighted by molar-refractivity contribution is 6.33. The molecule has 1 aromatic carbocycles. The van der Waals surface area contributed by atoms with Gasteiger partial charge in [0, 0.05) is 45.4 Å². The van der Waals surface area contributed by atoms with Crippen molar-refractivity contribution >= 4 is 48.0 Å². The Labute approximate surface area is 171 Å². The zero-order valence-electron chi connectivity index (χ0n) is 14.8. The largest absolute Gasteiger partial charge is 0.496 e. The Morgan fingerprint density at radius 2 is 2.00 bits per heavy atom. The summed E-state index contributed by atoms with van der Waals surface area (Å²) in [7, 11) is 1.53. The van der Waals surface area contributed by atoms with Crippen LogP contribution in [-0.2, 0) is 4.74 Å². The summed E-state index contributed by atoms with van der Waals surface area (Å²) < 4.78 is 10.7. The molecule has 0 bridgehead atoms. The molecule has 26 heavy (non-hydrogen) atoms. The van der Waals surface area contributed by atoms with Crippen molar-refractivity contribution in [3.05, 3.63) is 22.7 Å². The molecule has 9 heteroatoms. The highest BCUT2D eigenvalue weighted by atomic mass is 35.5. The Bertz CT molecular complexity index is 604. The van der Waals surface area contributed by atoms with E-state index in [-0.39, 0.29) is 30.7 Å². The van der Waals surface area contributed by atoms with Crippen molar-refractivity contribution in [2.24, 2.45) is 5.92 Å². The summed E-state index contributed by atoms with van der Waals surface area (Å²) in [6.45, 7) is 5.97. The van der Waals surface area contributed by atoms with Gasteiger partial charge in [-0.1, -0.05) is 11.6 Å². The number of piperazine rings is 1. The Hall–Kier alpha value is -0.920. The van der Waals surface area contributed by atoms with Crippen LogP contribution >= 0.6 is 36.4 Å². The molecule has 148 valence electrons. The van der Waals surface area contributed by atoms with E-state index in [1.165, 1.54) is 7.11 Å². The van der Waals surface area contributed by atoms with Crippen molar-refractivity contribution in [3.63, 3.8) is 0 Å². The quantitative estimate of drug-likeness (QED) is 0.750. The number of amides is 1. The molecule has 0 saturated carbocycles. The molecule has 1 aromatic rings. The van der Waals surface area contributed by atoms with Crippen LogP contribution in [0.5, 0.6) is 5.75 Å². The third kappa shape index (κ3) is 5.30. The first-order valence-electron chi connectivity index (χ1n) is 8.31. The van der Waals surface area contributed by atoms with Crippen molar-refractivity contribution in [2.45, 2.75) is 6.42 Å². The fourth-order valence-electron chi connectivity index (χ4n) is 3.30. The Morgan fingerprint density at radius 3 is 2.58 bits per heavy atom. The van der Waals surface area contributed by atoms with Gasteiger partial charge in [0.15, 0.2) is 0 Å². The molecule has 2 fully saturated rings. The van der Waals surface area contributed by atoms with E-state index in [9.17, 15) is 4.79 Å². The molecule has 0 aromatic heterocycles. The molecular formula is C17H26Cl3N3O3. The second-order valence-corrected chi connectivity index (χ2v) is 6.80. The zero-order chi connectivity index (χ0) is 17.1. The Kier molecular flexibility index (Phi) is 9.27. The lowest BCUT2D eigenvalue weighted by molar-refractivity contribution is 0.0608. The fourth-order valence-corrected chi connectivity index (χ4v) is 3.47. The van der Waals surface area contributed by atoms with Crippen LogP contribution in [0, 0.1) is 5.92 Å². The van der Waals surface area contributed by atoms with E-state index in [1.54, 1.807) is 12.1 Å². The number of halogens is 3. The number of hydrogen-bond acceptors (Lipinski definition) is 5. The van der Waals surface area contributed by atoms with Crippen LogP contribution in [0.25, 0.3) is 0 Å². The number of nitrogens with two attached hydrogens (primary N) is 1. The minimum atomic E-state index is -0.0578. The van der Waals surface area contributed by atoms with Gasteiger partial charge in [-0.15, -0.1) is 24.8 Å². The van der Waals surface area contributed by atoms with Crippen molar-refractivity contribution in [1.29, 1.82) is 0 Å². The summed E-state index contributed by atoms with van der Waals surface area (Å²) >= 11 is 6.07. The number of hydrogen-bond donors (Lipinski definition) is 1. The maximum Gasteiger partial charge on any atom is 0.257 e. The van der Waals surface area contributed by atoms with E-state index in [0.29, 0.717) is 41.0 Å². The number of rotatable bonds is 4. The van der Waals surface area contributed by atoms with Crippen LogP contribution in [0.3, 0.4) is 0 Å². The third-order valence-electron chi connectivity index (χ3n) is 4.75. The summed E-state index contributed by atoms with van der Waals surface area (Å²) in [5.74, 6) is 1.04. The lowest BCUT2D eigenvalue weighted by atomic mass is 10.1. The number of methoxy groups -OCH3 is 1. The lowest BCUT2D eigenvalue weighted by Crippen LogP contribution is -2.49. The van der Waals surface area contributed by atoms with Crippen LogP contribution in [-0.4, -0.2) is 68.8 Å². The third-order valence-corrected chi connectivity index (χ3v) is 5.08. The summed E-state index contributed by atoms with van der Waals surface area (Å²) in [6.07, 6.45) is 1.14. The maximum absolute atomic E-state index is 12.8. The Balaban J connectivity index is 0.00000169. The molecule has 3 rings (SSSR count). The number of carbonyl (C=O) groups excluding carboxylic acids is 1. The molecule has 0 radical (unpaired) electrons. The van der Waals surface area contributed by atoms with Crippen LogP contribution in [0.2, 0.25) is 5.02 Å². The van der Waals surface area contributed by atoms with Crippen molar-refractivity contribution < 1.29 is 14.3 Å². The van der Waals surface area contributed by atoms with Gasteiger partial charge in [0.25, 0.3) is 5.91 Å². The summed E-state index contributed by atoms with van der Waals surface area (Å²) in [6, 6.07) is 3.20. The molecule has 0 aliphatic carbocycles. The van der Waals surface area contributed by atoms with Gasteiger partial charge in [-0.2, -0.15) is 0 Å². The standard InChI is InChI=1S/C17H24ClN3O3.2ClH/c1-23-16-9-15(19)14(18)8-13(16)17(22)21-5-3-20(4-6-21)10-12-2-7-24-11-12;;/h8-9,12H,2-7,10-11,19H2,1H3;2*1H. The van der Waals surface area contributed by atoms with Crippen molar-refractivity contribution in [1.82, 2.24) is 9.80 Å². The maximum atomic E-state index is 12.8. The molecule has 2 heterocycles. The first kappa shape index (κ1) is 23.1. The number of benzene rings is 1. The van der Waals surface area contributed by atoms with Crippen LogP contribution < -0.4 is 10.5 Å². The summed E-state index contributed by atoms with van der Waals surface area (Å²) in [4.78, 5) is 17.1. The number of anilines is 1. The van der Waals surface area contributed by atoms with E-state index < -0.39 is 0 Å². The first-order valence-corrected chi connectivity index (χ1v) is 8.68. The molecule has 1 amide bonds. The lowest BCUT2D eigenvalue weighted by Gasteiger charge is -2.36. The normalized spacial score (nSPS) is 20.2. The predicted molar refractivity (Wildman–Crippen MR) is 108 cm³/mol. The molecule has 1 unspecified atom stereocenters. The molecule has 2 N–H and O–H groups in total. The van der Waals surface area contributed by atoms with E-state index in [2.05, 4.69) is 4.90 Å². The SMILES string of the molecule is COc1cc(N)c(Cl)cc1C(=O)N1CCN(CC2CCOC2)CC1.Cl.Cl. The first-order chi connectivity index (χ1) is 11.6. The van der Waals surface area contributed by atoms with Crippen molar-refractivity contribution in [3.8, 4) is 5.75 Å². The van der Waals surface area contributed by atoms with Crippen LogP contribution in [0.1, 0.15) is 16.8 Å². The number of ether oxygens (including phenoxy) is 2. The smallest absolute Gasteiger partial charge is 0.257 e. The van der Waals surface area contributed by atoms with E-state index in [4.69, 9.17) is 26.8 Å². The van der Waals surface area contributed by atoms with Crippen molar-refractivity contribution in [2.75, 3.05) is 58.8 Å². The topological polar surface area (TPSA) is 68.0 Å². The number of carbonyl (C=O) groups is 1. The Morgan fingerprint density at radius 1 is 1.31 bits per heavy atom. The minimum absolute atomic E-state index is 0. The van der Waals surface area contributed by atoms with Gasteiger partial charge >= 0.3 is 0 Å². The van der Waals surface area contributed by atoms with Crippen LogP contribution in [0.4, 0.5) is 5.69 Å². The van der Waals surface area contributed by atoms with Gasteiger partial charge in [-0.3, -0.25) is 9.69 Å². The van der Waals surface area contributed by atoms with Gasteiger partial charge in [0.1, 0.15) is 5.75 Å².